The summed E-state index contributed by atoms with van der Waals surface area (Å²) in [7, 11) is 0. The molecule has 0 aromatic heterocycles. The number of carboxylic acid groups (broad SMARTS) is 1. The zero-order valence-electron chi connectivity index (χ0n) is 11.7. The molecule has 0 aliphatic carbocycles. The van der Waals surface area contributed by atoms with Gasteiger partial charge in [-0.1, -0.05) is 6.07 Å². The normalized spacial score (nSPS) is 9.95. The highest BCUT2D eigenvalue weighted by atomic mass is 32.2. The molecule has 0 saturated carbocycles. The van der Waals surface area contributed by atoms with Gasteiger partial charge < -0.3 is 10.4 Å². The molecule has 0 aliphatic heterocycles. The Kier molecular flexibility index (Phi) is 7.31. The Bertz CT molecular complexity index is 519. The Morgan fingerprint density at radius 3 is 2.57 bits per heavy atom. The number of carboxylic acids is 1. The number of thioether (sulfide) groups is 1. The number of anilines is 1. The second-order valence-corrected chi connectivity index (χ2v) is 5.21. The van der Waals surface area contributed by atoms with Gasteiger partial charge in [0.2, 0.25) is 5.91 Å². The summed E-state index contributed by atoms with van der Waals surface area (Å²) >= 11 is 1.55. The van der Waals surface area contributed by atoms with E-state index in [1.807, 2.05) is 24.5 Å². The van der Waals surface area contributed by atoms with Crippen LogP contribution in [0.1, 0.15) is 25.7 Å². The minimum atomic E-state index is -0.887. The Labute approximate surface area is 127 Å². The van der Waals surface area contributed by atoms with E-state index in [9.17, 15) is 14.4 Å². The molecule has 0 unspecified atom stereocenters. The second-order valence-electron chi connectivity index (χ2n) is 4.34. The molecule has 0 atom stereocenters. The van der Waals surface area contributed by atoms with Crippen LogP contribution in [0.3, 0.4) is 0 Å². The summed E-state index contributed by atoms with van der Waals surface area (Å²) in [5.41, 5.74) is 0.609. The average molecular weight is 310 g/mol. The zero-order chi connectivity index (χ0) is 15.7. The number of carbonyl (C=O) groups excluding carboxylic acids is 2. The Balaban J connectivity index is 2.32. The van der Waals surface area contributed by atoms with E-state index in [4.69, 9.17) is 5.11 Å². The summed E-state index contributed by atoms with van der Waals surface area (Å²) < 4.78 is 0. The summed E-state index contributed by atoms with van der Waals surface area (Å²) in [6.07, 6.45) is 2.94. The third-order valence-electron chi connectivity index (χ3n) is 2.63. The first-order valence-electron chi connectivity index (χ1n) is 6.48. The van der Waals surface area contributed by atoms with Crippen molar-refractivity contribution >= 4 is 35.4 Å². The first-order valence-corrected chi connectivity index (χ1v) is 7.70. The third kappa shape index (κ3) is 7.36. The lowest BCUT2D eigenvalue weighted by atomic mass is 10.2. The van der Waals surface area contributed by atoms with Crippen molar-refractivity contribution in [2.45, 2.75) is 30.6 Å². The van der Waals surface area contributed by atoms with Gasteiger partial charge in [0.15, 0.2) is 0 Å². The second kappa shape index (κ2) is 9.02. The van der Waals surface area contributed by atoms with Gasteiger partial charge in [0, 0.05) is 23.4 Å². The fourth-order valence-electron chi connectivity index (χ4n) is 1.61. The highest BCUT2D eigenvalue weighted by Gasteiger charge is 2.08. The maximum atomic E-state index is 11.6. The zero-order valence-corrected chi connectivity index (χ0v) is 12.5. The first-order chi connectivity index (χ1) is 10.0. The number of unbranched alkanes of at least 4 members (excludes halogenated alkanes) is 1. The Hall–Kier alpha value is -2.02. The minimum absolute atomic E-state index is 0.0287. The summed E-state index contributed by atoms with van der Waals surface area (Å²) in [5, 5.41) is 13.3. The average Bonchev–Trinajstić information content (AvgIpc) is 2.43. The van der Waals surface area contributed by atoms with E-state index in [0.717, 1.165) is 4.90 Å². The quantitative estimate of drug-likeness (QED) is 0.531. The molecule has 1 aromatic carbocycles. The smallest absolute Gasteiger partial charge is 0.325 e. The van der Waals surface area contributed by atoms with Crippen LogP contribution in [0, 0.1) is 0 Å². The monoisotopic (exact) mass is 310 g/mol. The van der Waals surface area contributed by atoms with Crippen molar-refractivity contribution in [1.29, 1.82) is 0 Å². The largest absolute Gasteiger partial charge is 0.481 e. The number of aliphatic carboxylic acids is 1. The van der Waals surface area contributed by atoms with Crippen LogP contribution in [0.5, 0.6) is 0 Å². The number of rotatable bonds is 7. The number of urea groups is 1. The molecular formula is C14H18N2O4S. The fourth-order valence-corrected chi connectivity index (χ4v) is 2.07. The van der Waals surface area contributed by atoms with Gasteiger partial charge in [-0.25, -0.2) is 4.79 Å². The van der Waals surface area contributed by atoms with Crippen LogP contribution in [0.15, 0.2) is 29.2 Å². The van der Waals surface area contributed by atoms with E-state index in [0.29, 0.717) is 18.5 Å². The number of benzene rings is 1. The molecule has 0 bridgehead atoms. The minimum Gasteiger partial charge on any atom is -0.481 e. The molecule has 114 valence electrons. The van der Waals surface area contributed by atoms with Crippen LogP contribution in [-0.2, 0) is 9.59 Å². The molecule has 3 amide bonds. The van der Waals surface area contributed by atoms with Crippen molar-refractivity contribution in [1.82, 2.24) is 5.32 Å². The highest BCUT2D eigenvalue weighted by molar-refractivity contribution is 7.98. The van der Waals surface area contributed by atoms with E-state index in [1.54, 1.807) is 17.8 Å². The molecule has 0 aliphatic rings. The van der Waals surface area contributed by atoms with Crippen LogP contribution in [0.2, 0.25) is 0 Å². The molecule has 0 radical (unpaired) electrons. The maximum absolute atomic E-state index is 11.6. The van der Waals surface area contributed by atoms with Crippen molar-refractivity contribution in [2.75, 3.05) is 11.6 Å². The van der Waals surface area contributed by atoms with Crippen molar-refractivity contribution in [2.24, 2.45) is 0 Å². The van der Waals surface area contributed by atoms with Crippen LogP contribution in [0.25, 0.3) is 0 Å². The predicted octanol–water partition coefficient (Wildman–Crippen LogP) is 2.70. The lowest BCUT2D eigenvalue weighted by molar-refractivity contribution is -0.137. The van der Waals surface area contributed by atoms with Crippen LogP contribution in [0.4, 0.5) is 10.5 Å². The van der Waals surface area contributed by atoms with Gasteiger partial charge in [-0.3, -0.25) is 14.9 Å². The van der Waals surface area contributed by atoms with E-state index in [-0.39, 0.29) is 12.8 Å². The first kappa shape index (κ1) is 17.0. The molecule has 3 N–H and O–H groups in total. The topological polar surface area (TPSA) is 95.5 Å². The highest BCUT2D eigenvalue weighted by Crippen LogP contribution is 2.18. The summed E-state index contributed by atoms with van der Waals surface area (Å²) in [5.74, 6) is -1.30. The van der Waals surface area contributed by atoms with Gasteiger partial charge in [-0.15, -0.1) is 11.8 Å². The predicted molar refractivity (Wildman–Crippen MR) is 81.5 cm³/mol. The van der Waals surface area contributed by atoms with Crippen molar-refractivity contribution < 1.29 is 19.5 Å². The van der Waals surface area contributed by atoms with Crippen LogP contribution < -0.4 is 10.6 Å². The number of hydrogen-bond donors (Lipinski definition) is 3. The van der Waals surface area contributed by atoms with Gasteiger partial charge in [-0.05, 0) is 37.3 Å². The van der Waals surface area contributed by atoms with E-state index >= 15 is 0 Å². The van der Waals surface area contributed by atoms with Crippen molar-refractivity contribution in [3.05, 3.63) is 24.3 Å². The summed E-state index contributed by atoms with van der Waals surface area (Å²) in [6, 6.07) is 6.69. The number of nitrogens with one attached hydrogen (secondary N) is 2. The van der Waals surface area contributed by atoms with Gasteiger partial charge in [0.1, 0.15) is 0 Å². The summed E-state index contributed by atoms with van der Waals surface area (Å²) in [4.78, 5) is 34.4. The third-order valence-corrected chi connectivity index (χ3v) is 3.35. The number of amides is 3. The molecule has 7 heteroatoms. The number of imide groups is 1. The fraction of sp³-hybridized carbons (Fsp3) is 0.357. The Morgan fingerprint density at radius 2 is 1.90 bits per heavy atom. The van der Waals surface area contributed by atoms with Gasteiger partial charge in [-0.2, -0.15) is 0 Å². The van der Waals surface area contributed by atoms with Crippen molar-refractivity contribution in [3.8, 4) is 0 Å². The lowest BCUT2D eigenvalue weighted by Crippen LogP contribution is -2.34. The molecule has 0 heterocycles. The molecular weight excluding hydrogens is 292 g/mol. The number of hydrogen-bond acceptors (Lipinski definition) is 4. The Morgan fingerprint density at radius 1 is 1.19 bits per heavy atom. The molecule has 1 rings (SSSR count). The molecule has 0 saturated heterocycles. The molecule has 0 fully saturated rings. The number of carbonyl (C=O) groups is 3. The van der Waals surface area contributed by atoms with Crippen LogP contribution in [-0.4, -0.2) is 29.3 Å². The van der Waals surface area contributed by atoms with Crippen molar-refractivity contribution in [3.63, 3.8) is 0 Å². The lowest BCUT2D eigenvalue weighted by Gasteiger charge is -2.07. The SMILES string of the molecule is CSc1cccc(NC(=O)NC(=O)CCCCC(=O)O)c1. The maximum Gasteiger partial charge on any atom is 0.325 e. The van der Waals surface area contributed by atoms with E-state index in [1.165, 1.54) is 0 Å². The molecule has 21 heavy (non-hydrogen) atoms. The standard InChI is InChI=1S/C14H18N2O4S/c1-21-11-6-4-5-10(9-11)15-14(20)16-12(17)7-2-3-8-13(18)19/h4-6,9H,2-3,7-8H2,1H3,(H,18,19)(H2,15,16,17,20). The van der Waals surface area contributed by atoms with Gasteiger partial charge in [0.05, 0.1) is 0 Å². The van der Waals surface area contributed by atoms with Crippen LogP contribution >= 0.6 is 11.8 Å². The van der Waals surface area contributed by atoms with Gasteiger partial charge in [0.25, 0.3) is 0 Å². The molecule has 6 nitrogen and oxygen atoms in total. The van der Waals surface area contributed by atoms with E-state index < -0.39 is 17.9 Å². The summed E-state index contributed by atoms with van der Waals surface area (Å²) in [6.45, 7) is 0. The molecule has 0 spiro atoms. The van der Waals surface area contributed by atoms with Gasteiger partial charge >= 0.3 is 12.0 Å². The molecule has 1 aromatic rings. The van der Waals surface area contributed by atoms with E-state index in [2.05, 4.69) is 10.6 Å².